The molecule has 0 saturated heterocycles. The van der Waals surface area contributed by atoms with Crippen LogP contribution in [0.3, 0.4) is 0 Å². The number of nitrogens with zero attached hydrogens (tertiary/aromatic N) is 1. The third kappa shape index (κ3) is 5.77. The molecule has 0 aliphatic rings. The first-order chi connectivity index (χ1) is 12.0. The van der Waals surface area contributed by atoms with Crippen molar-refractivity contribution in [1.82, 2.24) is 0 Å². The minimum absolute atomic E-state index is 0.208. The number of methoxy groups -OCH3 is 1. The number of hydrogen-bond donors (Lipinski definition) is 1. The van der Waals surface area contributed by atoms with Crippen LogP contribution in [0.25, 0.3) is 0 Å². The van der Waals surface area contributed by atoms with Gasteiger partial charge in [-0.1, -0.05) is 24.4 Å². The zero-order chi connectivity index (χ0) is 18.2. The van der Waals surface area contributed by atoms with Gasteiger partial charge >= 0.3 is 0 Å². The number of benzene rings is 2. The third-order valence-corrected chi connectivity index (χ3v) is 5.26. The second kappa shape index (κ2) is 9.45. The molecule has 25 heavy (non-hydrogen) atoms. The Hall–Kier alpha value is -2.03. The first kappa shape index (κ1) is 19.3. The molecule has 0 radical (unpaired) electrons. The van der Waals surface area contributed by atoms with Crippen LogP contribution in [0.4, 0.5) is 5.69 Å². The number of thiocarbonyl (C=S) groups is 1. The molecule has 0 heterocycles. The van der Waals surface area contributed by atoms with E-state index in [1.807, 2.05) is 0 Å². The Morgan fingerprint density at radius 2 is 1.84 bits per heavy atom. The second-order valence-corrected chi connectivity index (χ2v) is 8.38. The van der Waals surface area contributed by atoms with E-state index in [0.29, 0.717) is 11.3 Å². The van der Waals surface area contributed by atoms with Gasteiger partial charge in [0.25, 0.3) is 0 Å². The van der Waals surface area contributed by atoms with Crippen molar-refractivity contribution in [1.29, 1.82) is 0 Å². The summed E-state index contributed by atoms with van der Waals surface area (Å²) in [5.74, 6) is 0.363. The molecule has 0 amide bonds. The molecule has 1 unspecified atom stereocenters. The molecule has 130 valence electrons. The molecule has 2 aromatic carbocycles. The number of carbonyl (C=O) groups excluding carboxylic acids is 1. The van der Waals surface area contributed by atoms with Gasteiger partial charge in [-0.3, -0.25) is 10.2 Å². The molecule has 8 heteroatoms. The average molecular weight is 393 g/mol. The summed E-state index contributed by atoms with van der Waals surface area (Å²) in [6.45, 7) is 0. The maximum absolute atomic E-state index is 12.1. The minimum atomic E-state index is -1.00. The molecule has 5 nitrogen and oxygen atoms in total. The van der Waals surface area contributed by atoms with Gasteiger partial charge in [-0.05, 0) is 47.2 Å². The molecule has 0 spiro atoms. The summed E-state index contributed by atoms with van der Waals surface area (Å²) >= 11 is 4.75. The van der Waals surface area contributed by atoms with Crippen LogP contribution in [-0.4, -0.2) is 34.4 Å². The molecule has 0 aromatic heterocycles. The second-order valence-electron chi connectivity index (χ2n) is 4.79. The van der Waals surface area contributed by atoms with E-state index in [2.05, 4.69) is 10.5 Å². The Morgan fingerprint density at radius 3 is 2.36 bits per heavy atom. The van der Waals surface area contributed by atoms with E-state index in [4.69, 9.17) is 17.0 Å². The van der Waals surface area contributed by atoms with Crippen LogP contribution in [0, 0.1) is 0 Å². The van der Waals surface area contributed by atoms with Crippen molar-refractivity contribution >= 4 is 55.4 Å². The van der Waals surface area contributed by atoms with Crippen LogP contribution in [0.5, 0.6) is 5.75 Å². The van der Waals surface area contributed by atoms with E-state index in [1.54, 1.807) is 61.9 Å². The van der Waals surface area contributed by atoms with Crippen molar-refractivity contribution in [3.8, 4) is 5.75 Å². The van der Waals surface area contributed by atoms with E-state index < -0.39 is 9.83 Å². The van der Waals surface area contributed by atoms with Crippen molar-refractivity contribution in [3.05, 3.63) is 54.1 Å². The Balaban J connectivity index is 2.24. The van der Waals surface area contributed by atoms with Crippen LogP contribution in [0.1, 0.15) is 5.56 Å². The topological polar surface area (TPSA) is 67.8 Å². The van der Waals surface area contributed by atoms with Gasteiger partial charge in [-0.15, -0.1) is 0 Å². The average Bonchev–Trinajstić information content (AvgIpc) is 2.63. The van der Waals surface area contributed by atoms with Crippen molar-refractivity contribution in [2.45, 2.75) is 4.90 Å². The number of ether oxygens (including phenoxy) is 1. The Kier molecular flexibility index (Phi) is 7.30. The third-order valence-electron chi connectivity index (χ3n) is 3.07. The Labute approximate surface area is 157 Å². The molecule has 0 fully saturated rings. The van der Waals surface area contributed by atoms with Crippen LogP contribution in [0.2, 0.25) is 0 Å². The summed E-state index contributed by atoms with van der Waals surface area (Å²) in [5, 5.41) is 5.25. The maximum atomic E-state index is 12.1. The highest BCUT2D eigenvalue weighted by Gasteiger charge is 2.12. The minimum Gasteiger partial charge on any atom is -0.497 e. The lowest BCUT2D eigenvalue weighted by Crippen LogP contribution is -2.17. The van der Waals surface area contributed by atoms with Crippen LogP contribution < -0.4 is 10.2 Å². The highest BCUT2D eigenvalue weighted by atomic mass is 33.1. The lowest BCUT2D eigenvalue weighted by Gasteiger charge is -2.07. The van der Waals surface area contributed by atoms with Gasteiger partial charge in [0, 0.05) is 16.7 Å². The molecule has 1 atom stereocenters. The number of ketones is 1. The van der Waals surface area contributed by atoms with E-state index in [1.165, 1.54) is 10.8 Å². The van der Waals surface area contributed by atoms with E-state index >= 15 is 0 Å². The fourth-order valence-corrected chi connectivity index (χ4v) is 3.68. The monoisotopic (exact) mass is 392 g/mol. The van der Waals surface area contributed by atoms with Crippen molar-refractivity contribution in [2.24, 2.45) is 5.10 Å². The largest absolute Gasteiger partial charge is 0.497 e. The van der Waals surface area contributed by atoms with Gasteiger partial charge < -0.3 is 4.74 Å². The predicted molar refractivity (Wildman–Crippen MR) is 108 cm³/mol. The van der Waals surface area contributed by atoms with Gasteiger partial charge in [0.15, 0.2) is 0 Å². The summed E-state index contributed by atoms with van der Waals surface area (Å²) in [7, 11) is 1.83. The molecular weight excluding hydrogens is 376 g/mol. The molecule has 1 N–H and O–H groups in total. The highest BCUT2D eigenvalue weighted by Crippen LogP contribution is 2.21. The smallest absolute Gasteiger partial charge is 0.217 e. The number of carbonyl (C=O) groups is 1. The maximum Gasteiger partial charge on any atom is 0.217 e. The number of Topliss-reactive ketones (excluding diaryl/α,β-unsaturated/α-hetero) is 1. The number of anilines is 1. The standard InChI is InChI=1S/C17H16N2O3S3/c1-22-14-7-5-13(6-8-14)18-19-17(16(20)11-23)12-3-9-15(10-4-12)24-25(2)21/h3-11,18H,1-2H3. The lowest BCUT2D eigenvalue weighted by atomic mass is 10.1. The summed E-state index contributed by atoms with van der Waals surface area (Å²) in [6, 6.07) is 14.2. The highest BCUT2D eigenvalue weighted by molar-refractivity contribution is 8.68. The molecule has 2 rings (SSSR count). The summed E-state index contributed by atoms with van der Waals surface area (Å²) < 4.78 is 16.3. The number of nitrogens with one attached hydrogen (secondary N) is 1. The van der Waals surface area contributed by atoms with Gasteiger partial charge in [-0.25, -0.2) is 4.21 Å². The summed E-state index contributed by atoms with van der Waals surface area (Å²) in [5.41, 5.74) is 4.39. The molecule has 0 aliphatic carbocycles. The SMILES string of the molecule is COc1ccc(NN=C(C(=O)C=S)c2ccc(SS(C)=O)cc2)cc1. The predicted octanol–water partition coefficient (Wildman–Crippen LogP) is 3.47. The van der Waals surface area contributed by atoms with Crippen LogP contribution in [-0.2, 0) is 14.6 Å². The Bertz CT molecular complexity index is 803. The zero-order valence-corrected chi connectivity index (χ0v) is 16.0. The molecule has 2 aromatic rings. The van der Waals surface area contributed by atoms with Gasteiger partial charge in [-0.2, -0.15) is 5.10 Å². The number of hydrogen-bond acceptors (Lipinski definition) is 7. The molecular formula is C17H16N2O3S3. The van der Waals surface area contributed by atoms with E-state index in [-0.39, 0.29) is 11.5 Å². The van der Waals surface area contributed by atoms with E-state index in [0.717, 1.165) is 16.0 Å². The lowest BCUT2D eigenvalue weighted by molar-refractivity contribution is -0.106. The summed E-state index contributed by atoms with van der Waals surface area (Å²) in [4.78, 5) is 12.9. The fraction of sp³-hybridized carbons (Fsp3) is 0.118. The number of hydrazone groups is 1. The zero-order valence-electron chi connectivity index (χ0n) is 13.6. The first-order valence-electron chi connectivity index (χ1n) is 7.13. The van der Waals surface area contributed by atoms with Crippen LogP contribution >= 0.6 is 23.0 Å². The van der Waals surface area contributed by atoms with Crippen molar-refractivity contribution in [3.63, 3.8) is 0 Å². The van der Waals surface area contributed by atoms with Crippen LogP contribution in [0.15, 0.2) is 58.5 Å². The van der Waals surface area contributed by atoms with Crippen molar-refractivity contribution in [2.75, 3.05) is 18.8 Å². The van der Waals surface area contributed by atoms with E-state index in [9.17, 15) is 9.00 Å². The Morgan fingerprint density at radius 1 is 1.20 bits per heavy atom. The molecule has 0 saturated carbocycles. The van der Waals surface area contributed by atoms with Gasteiger partial charge in [0.2, 0.25) is 5.78 Å². The molecule has 0 aliphatic heterocycles. The molecule has 0 bridgehead atoms. The normalized spacial score (nSPS) is 12.3. The summed E-state index contributed by atoms with van der Waals surface area (Å²) in [6.07, 6.45) is 1.61. The fourth-order valence-electron chi connectivity index (χ4n) is 1.91. The van der Waals surface area contributed by atoms with Gasteiger partial charge in [0.1, 0.15) is 11.5 Å². The van der Waals surface area contributed by atoms with Gasteiger partial charge in [0.05, 0.1) is 28.0 Å². The van der Waals surface area contributed by atoms with Crippen molar-refractivity contribution < 1.29 is 13.7 Å². The quantitative estimate of drug-likeness (QED) is 0.321. The first-order valence-corrected chi connectivity index (χ1v) is 10.5. The number of rotatable bonds is 8.